The second-order valence-corrected chi connectivity index (χ2v) is 10.4. The van der Waals surface area contributed by atoms with Gasteiger partial charge in [0.1, 0.15) is 11.7 Å². The number of sulfonamides is 1. The Morgan fingerprint density at radius 1 is 1.00 bits per heavy atom. The fraction of sp³-hybridized carbons (Fsp3) is 0.364. The molecule has 5 nitrogen and oxygen atoms in total. The fourth-order valence-electron chi connectivity index (χ4n) is 4.14. The van der Waals surface area contributed by atoms with Crippen LogP contribution in [0.1, 0.15) is 41.0 Å². The van der Waals surface area contributed by atoms with Gasteiger partial charge in [-0.15, -0.1) is 0 Å². The van der Waals surface area contributed by atoms with Gasteiger partial charge in [0.05, 0.1) is 14.9 Å². The first kappa shape index (κ1) is 22.9. The Labute approximate surface area is 186 Å². The Morgan fingerprint density at radius 2 is 1.63 bits per heavy atom. The normalized spacial score (nSPS) is 19.5. The molecule has 0 bridgehead atoms. The van der Waals surface area contributed by atoms with Crippen LogP contribution < -0.4 is 4.72 Å². The van der Waals surface area contributed by atoms with Crippen molar-refractivity contribution in [2.24, 2.45) is 5.92 Å². The van der Waals surface area contributed by atoms with Gasteiger partial charge in [-0.25, -0.2) is 13.1 Å². The first-order valence-corrected chi connectivity index (χ1v) is 11.8. The van der Waals surface area contributed by atoms with Gasteiger partial charge < -0.3 is 0 Å². The lowest BCUT2D eigenvalue weighted by Gasteiger charge is -2.16. The van der Waals surface area contributed by atoms with Crippen LogP contribution in [0, 0.1) is 26.7 Å². The summed E-state index contributed by atoms with van der Waals surface area (Å²) in [5.74, 6) is -1.50. The average Bonchev–Trinajstić information content (AvgIpc) is 2.91. The molecule has 0 heterocycles. The van der Waals surface area contributed by atoms with E-state index in [4.69, 9.17) is 23.2 Å². The molecule has 0 aromatic heterocycles. The van der Waals surface area contributed by atoms with Crippen molar-refractivity contribution >= 4 is 44.8 Å². The zero-order valence-electron chi connectivity index (χ0n) is 17.0. The minimum Gasteiger partial charge on any atom is -0.298 e. The second kappa shape index (κ2) is 8.79. The number of hydrogen-bond donors (Lipinski definition) is 1. The number of Topliss-reactive ketones (excluding diaryl/α,β-unsaturated/α-hetero) is 2. The summed E-state index contributed by atoms with van der Waals surface area (Å²) in [5, 5.41) is 0.404. The van der Waals surface area contributed by atoms with Crippen LogP contribution in [0.3, 0.4) is 0 Å². The van der Waals surface area contributed by atoms with Crippen LogP contribution in [0.15, 0.2) is 35.2 Å². The molecule has 2 unspecified atom stereocenters. The van der Waals surface area contributed by atoms with Crippen molar-refractivity contribution in [3.8, 4) is 0 Å². The van der Waals surface area contributed by atoms with Gasteiger partial charge in [0.25, 0.3) is 0 Å². The molecular weight excluding hydrogens is 445 g/mol. The summed E-state index contributed by atoms with van der Waals surface area (Å²) < 4.78 is 27.4. The molecule has 3 rings (SSSR count). The number of carbonyl (C=O) groups is 2. The van der Waals surface area contributed by atoms with E-state index in [0.717, 1.165) is 22.3 Å². The molecule has 0 spiro atoms. The maximum atomic E-state index is 13.0. The van der Waals surface area contributed by atoms with Gasteiger partial charge in [0.15, 0.2) is 5.78 Å². The largest absolute Gasteiger partial charge is 0.298 e. The molecule has 2 aromatic carbocycles. The minimum atomic E-state index is -3.80. The topological polar surface area (TPSA) is 80.3 Å². The van der Waals surface area contributed by atoms with Crippen molar-refractivity contribution in [1.29, 1.82) is 0 Å². The highest BCUT2D eigenvalue weighted by Crippen LogP contribution is 2.37. The maximum absolute atomic E-state index is 13.0. The molecule has 1 aliphatic rings. The summed E-state index contributed by atoms with van der Waals surface area (Å²) in [6, 6.07) is 7.99. The zero-order valence-corrected chi connectivity index (χ0v) is 19.3. The number of aryl methyl sites for hydroxylation is 3. The van der Waals surface area contributed by atoms with Crippen LogP contribution in [0.2, 0.25) is 10.0 Å². The molecule has 160 valence electrons. The van der Waals surface area contributed by atoms with Crippen molar-refractivity contribution in [2.45, 2.75) is 44.4 Å². The summed E-state index contributed by atoms with van der Waals surface area (Å²) >= 11 is 11.7. The molecule has 2 atom stereocenters. The fourth-order valence-corrected chi connectivity index (χ4v) is 5.58. The van der Waals surface area contributed by atoms with Crippen LogP contribution in [-0.4, -0.2) is 26.5 Å². The summed E-state index contributed by atoms with van der Waals surface area (Å²) in [7, 11) is -3.80. The van der Waals surface area contributed by atoms with Gasteiger partial charge in [0.2, 0.25) is 10.0 Å². The predicted molar refractivity (Wildman–Crippen MR) is 118 cm³/mol. The van der Waals surface area contributed by atoms with Gasteiger partial charge in [-0.05, 0) is 62.1 Å². The Balaban J connectivity index is 1.70. The van der Waals surface area contributed by atoms with Crippen LogP contribution in [0.4, 0.5) is 0 Å². The first-order chi connectivity index (χ1) is 14.0. The molecule has 8 heteroatoms. The lowest BCUT2D eigenvalue weighted by Crippen LogP contribution is -2.27. The molecule has 0 aliphatic heterocycles. The minimum absolute atomic E-state index is 0.00509. The van der Waals surface area contributed by atoms with E-state index in [2.05, 4.69) is 4.72 Å². The van der Waals surface area contributed by atoms with Gasteiger partial charge >= 0.3 is 0 Å². The lowest BCUT2D eigenvalue weighted by molar-refractivity contribution is -0.124. The molecule has 0 radical (unpaired) electrons. The molecule has 30 heavy (non-hydrogen) atoms. The molecule has 2 aromatic rings. The number of nitrogens with one attached hydrogen (secondary N) is 1. The highest BCUT2D eigenvalue weighted by atomic mass is 35.5. The SMILES string of the molecule is Cc1cc(C)c(C2C(=O)CC(CCNS(=O)(=O)c3ccc(Cl)c(Cl)c3)C2=O)c(C)c1. The monoisotopic (exact) mass is 467 g/mol. The van der Waals surface area contributed by atoms with E-state index in [-0.39, 0.29) is 45.9 Å². The second-order valence-electron chi connectivity index (χ2n) is 7.78. The van der Waals surface area contributed by atoms with E-state index in [0.29, 0.717) is 0 Å². The average molecular weight is 468 g/mol. The Bertz CT molecular complexity index is 1100. The third-order valence-electron chi connectivity index (χ3n) is 5.47. The van der Waals surface area contributed by atoms with Crippen molar-refractivity contribution in [3.63, 3.8) is 0 Å². The Kier molecular flexibility index (Phi) is 6.72. The number of benzene rings is 2. The molecule has 1 aliphatic carbocycles. The van der Waals surface area contributed by atoms with Crippen molar-refractivity contribution in [1.82, 2.24) is 4.72 Å². The maximum Gasteiger partial charge on any atom is 0.240 e. The van der Waals surface area contributed by atoms with Crippen molar-refractivity contribution in [3.05, 3.63) is 62.6 Å². The molecule has 1 N–H and O–H groups in total. The number of rotatable bonds is 6. The first-order valence-electron chi connectivity index (χ1n) is 9.60. The number of halogens is 2. The van der Waals surface area contributed by atoms with Crippen LogP contribution >= 0.6 is 23.2 Å². The summed E-state index contributed by atoms with van der Waals surface area (Å²) in [5.41, 5.74) is 3.73. The summed E-state index contributed by atoms with van der Waals surface area (Å²) in [6.07, 6.45) is 0.385. The van der Waals surface area contributed by atoms with E-state index in [1.165, 1.54) is 18.2 Å². The van der Waals surface area contributed by atoms with E-state index < -0.39 is 21.9 Å². The van der Waals surface area contributed by atoms with Crippen LogP contribution in [-0.2, 0) is 19.6 Å². The number of ketones is 2. The molecule has 0 saturated heterocycles. The van der Waals surface area contributed by atoms with Gasteiger partial charge in [-0.1, -0.05) is 40.9 Å². The number of carbonyl (C=O) groups excluding carboxylic acids is 2. The van der Waals surface area contributed by atoms with E-state index in [1.807, 2.05) is 32.9 Å². The van der Waals surface area contributed by atoms with Crippen LogP contribution in [0.25, 0.3) is 0 Å². The predicted octanol–water partition coefficient (Wildman–Crippen LogP) is 4.53. The smallest absolute Gasteiger partial charge is 0.240 e. The standard InChI is InChI=1S/C22H23Cl2NO4S/c1-12-8-13(2)20(14(3)9-12)21-19(26)10-15(22(21)27)6-7-25-30(28,29)16-4-5-17(23)18(24)11-16/h4-5,8-9,11,15,21,25H,6-7,10H2,1-3H3. The number of hydrogen-bond acceptors (Lipinski definition) is 4. The third-order valence-corrected chi connectivity index (χ3v) is 7.67. The van der Waals surface area contributed by atoms with E-state index in [9.17, 15) is 18.0 Å². The van der Waals surface area contributed by atoms with Gasteiger partial charge in [-0.3, -0.25) is 9.59 Å². The van der Waals surface area contributed by atoms with Crippen molar-refractivity contribution in [2.75, 3.05) is 6.54 Å². The summed E-state index contributed by atoms with van der Waals surface area (Å²) in [6.45, 7) is 5.85. The Hall–Kier alpha value is -1.73. The Morgan fingerprint density at radius 3 is 2.23 bits per heavy atom. The van der Waals surface area contributed by atoms with E-state index >= 15 is 0 Å². The summed E-state index contributed by atoms with van der Waals surface area (Å²) in [4.78, 5) is 25.6. The van der Waals surface area contributed by atoms with Gasteiger partial charge in [0, 0.05) is 18.9 Å². The van der Waals surface area contributed by atoms with Crippen molar-refractivity contribution < 1.29 is 18.0 Å². The van der Waals surface area contributed by atoms with Gasteiger partial charge in [-0.2, -0.15) is 0 Å². The lowest BCUT2D eigenvalue weighted by atomic mass is 9.86. The molecule has 1 saturated carbocycles. The molecule has 0 amide bonds. The van der Waals surface area contributed by atoms with Crippen LogP contribution in [0.5, 0.6) is 0 Å². The molecule has 1 fully saturated rings. The molecular formula is C22H23Cl2NO4S. The third kappa shape index (κ3) is 4.62. The quantitative estimate of drug-likeness (QED) is 0.632. The highest BCUT2D eigenvalue weighted by Gasteiger charge is 2.42. The van der Waals surface area contributed by atoms with E-state index in [1.54, 1.807) is 0 Å². The zero-order chi connectivity index (χ0) is 22.2. The highest BCUT2D eigenvalue weighted by molar-refractivity contribution is 7.89.